The third-order valence-corrected chi connectivity index (χ3v) is 9.36. The Morgan fingerprint density at radius 1 is 0.611 bits per heavy atom. The number of hydrogen-bond acceptors (Lipinski definition) is 8. The average molecular weight is 727 g/mol. The third kappa shape index (κ3) is 9.22. The molecular weight excluding hydrogens is 681 g/mol. The molecule has 278 valence electrons. The standard InChI is InChI=1S/C45H46N2O7/c1-5-46(26-29-52-39-16-6-32(2)7-17-39)35-12-8-33(9-13-35)42-44(48)43(45(42)49)34-10-14-36(15-11-34)47(27-30-53-40-22-18-37(50-3)19-23-40)28-31-54-41-24-20-38(51-4)21-25-41/h6-25H,5,26-31H2,1-4H3. The fourth-order valence-electron chi connectivity index (χ4n) is 6.24. The summed E-state index contributed by atoms with van der Waals surface area (Å²) in [6.07, 6.45) is 7.52. The molecule has 0 aliphatic heterocycles. The fraction of sp³-hybridized carbons (Fsp3) is 0.244. The molecule has 0 atom stereocenters. The number of hydrogen-bond donors (Lipinski definition) is 0. The first kappa shape index (κ1) is 37.5. The maximum Gasteiger partial charge on any atom is 0.200 e. The second-order valence-electron chi connectivity index (χ2n) is 12.8. The van der Waals surface area contributed by atoms with Crippen LogP contribution in [0.1, 0.15) is 18.1 Å². The van der Waals surface area contributed by atoms with Crippen LogP contribution in [-0.4, -0.2) is 76.3 Å². The van der Waals surface area contributed by atoms with Gasteiger partial charge in [0.05, 0.1) is 20.8 Å². The van der Waals surface area contributed by atoms with Crippen LogP contribution in [0.5, 0.6) is 28.7 Å². The molecule has 4 aromatic carbocycles. The topological polar surface area (TPSA) is 92.5 Å². The number of methoxy groups -OCH3 is 2. The van der Waals surface area contributed by atoms with Gasteiger partial charge in [-0.25, -0.2) is 4.58 Å². The van der Waals surface area contributed by atoms with E-state index < -0.39 is 0 Å². The molecule has 2 aliphatic rings. The van der Waals surface area contributed by atoms with E-state index >= 15 is 0 Å². The Morgan fingerprint density at radius 3 is 1.57 bits per heavy atom. The molecule has 0 heterocycles. The molecule has 0 unspecified atom stereocenters. The first-order valence-corrected chi connectivity index (χ1v) is 18.1. The summed E-state index contributed by atoms with van der Waals surface area (Å²) in [5, 5.41) is 13.4. The molecule has 0 saturated carbocycles. The summed E-state index contributed by atoms with van der Waals surface area (Å²) in [4.78, 5) is 15.6. The molecule has 0 saturated heterocycles. The number of benzene rings is 4. The summed E-state index contributed by atoms with van der Waals surface area (Å²) in [6.45, 7) is 8.19. The molecule has 2 aliphatic carbocycles. The van der Waals surface area contributed by atoms with Crippen molar-refractivity contribution >= 4 is 22.8 Å². The molecule has 0 aromatic heterocycles. The highest BCUT2D eigenvalue weighted by Crippen LogP contribution is 2.38. The number of nitrogens with zero attached hydrogens (tertiary/aromatic N) is 2. The van der Waals surface area contributed by atoms with Crippen molar-refractivity contribution in [2.45, 2.75) is 13.8 Å². The number of carbonyl (C=O) groups is 1. The van der Waals surface area contributed by atoms with Crippen molar-refractivity contribution in [2.24, 2.45) is 0 Å². The summed E-state index contributed by atoms with van der Waals surface area (Å²) in [7, 11) is 3.26. The van der Waals surface area contributed by atoms with Gasteiger partial charge in [0.25, 0.3) is 0 Å². The lowest BCUT2D eigenvalue weighted by Gasteiger charge is -2.32. The van der Waals surface area contributed by atoms with Crippen molar-refractivity contribution in [1.29, 1.82) is 0 Å². The summed E-state index contributed by atoms with van der Waals surface area (Å²) in [6, 6.07) is 30.6. The minimum absolute atomic E-state index is 0.210. The lowest BCUT2D eigenvalue weighted by Crippen LogP contribution is -2.31. The van der Waals surface area contributed by atoms with E-state index in [2.05, 4.69) is 16.4 Å². The van der Waals surface area contributed by atoms with Gasteiger partial charge in [-0.3, -0.25) is 4.79 Å². The van der Waals surface area contributed by atoms with Crippen LogP contribution in [-0.2, 0) is 4.79 Å². The molecule has 0 radical (unpaired) electrons. The van der Waals surface area contributed by atoms with Gasteiger partial charge >= 0.3 is 0 Å². The normalized spacial score (nSPS) is 13.5. The maximum atomic E-state index is 13.4. The molecule has 0 fully saturated rings. The second kappa shape index (κ2) is 18.0. The van der Waals surface area contributed by atoms with Gasteiger partial charge in [0.2, 0.25) is 0 Å². The van der Waals surface area contributed by atoms with Crippen LogP contribution in [0.2, 0.25) is 0 Å². The predicted molar refractivity (Wildman–Crippen MR) is 210 cm³/mol. The smallest absolute Gasteiger partial charge is 0.200 e. The Kier molecular flexibility index (Phi) is 12.5. The summed E-state index contributed by atoms with van der Waals surface area (Å²) < 4.78 is 30.6. The van der Waals surface area contributed by atoms with E-state index in [4.69, 9.17) is 23.7 Å². The minimum atomic E-state index is -0.239. The second-order valence-corrected chi connectivity index (χ2v) is 12.8. The summed E-state index contributed by atoms with van der Waals surface area (Å²) >= 11 is 0. The monoisotopic (exact) mass is 726 g/mol. The first-order chi connectivity index (χ1) is 26.4. The molecule has 54 heavy (non-hydrogen) atoms. The van der Waals surface area contributed by atoms with Crippen LogP contribution in [0.25, 0.3) is 5.57 Å². The number of ketones is 1. The quantitative estimate of drug-likeness (QED) is 0.0888. The van der Waals surface area contributed by atoms with Crippen LogP contribution in [0.3, 0.4) is 0 Å². The van der Waals surface area contributed by atoms with E-state index in [9.17, 15) is 9.90 Å². The highest BCUT2D eigenvalue weighted by atomic mass is 16.5. The SMILES string of the molecule is CCN(CCOc1ccc(C)cc1)c1ccc(C2=C([O-])C(=C3C=CC(=[N+](CCOc4ccc(OC)cc4)CCOc4ccc(OC)cc4)C=C3)C2=O)cc1. The minimum Gasteiger partial charge on any atom is -0.871 e. The molecule has 6 rings (SSSR count). The maximum absolute atomic E-state index is 13.4. The van der Waals surface area contributed by atoms with Gasteiger partial charge in [0.1, 0.15) is 48.6 Å². The van der Waals surface area contributed by atoms with Gasteiger partial charge in [-0.05, 0) is 110 Å². The summed E-state index contributed by atoms with van der Waals surface area (Å²) in [5.41, 5.74) is 4.77. The number of rotatable bonds is 17. The molecule has 0 spiro atoms. The Morgan fingerprint density at radius 2 is 1.09 bits per heavy atom. The van der Waals surface area contributed by atoms with E-state index in [0.29, 0.717) is 50.6 Å². The number of ether oxygens (including phenoxy) is 5. The van der Waals surface area contributed by atoms with Gasteiger partial charge in [-0.2, -0.15) is 0 Å². The van der Waals surface area contributed by atoms with Crippen molar-refractivity contribution in [2.75, 3.05) is 65.1 Å². The highest BCUT2D eigenvalue weighted by molar-refractivity contribution is 6.39. The molecule has 9 heteroatoms. The van der Waals surface area contributed by atoms with Gasteiger partial charge < -0.3 is 33.7 Å². The van der Waals surface area contributed by atoms with Crippen molar-refractivity contribution in [3.63, 3.8) is 0 Å². The van der Waals surface area contributed by atoms with Crippen LogP contribution in [0.15, 0.2) is 138 Å². The number of anilines is 1. The summed E-state index contributed by atoms with van der Waals surface area (Å²) in [5.74, 6) is 3.38. The van der Waals surface area contributed by atoms with Crippen LogP contribution in [0, 0.1) is 6.92 Å². The zero-order chi connectivity index (χ0) is 37.9. The van der Waals surface area contributed by atoms with Gasteiger partial charge in [0, 0.05) is 35.5 Å². The van der Waals surface area contributed by atoms with Crippen LogP contribution in [0.4, 0.5) is 5.69 Å². The van der Waals surface area contributed by atoms with E-state index in [0.717, 1.165) is 46.7 Å². The van der Waals surface area contributed by atoms with Crippen molar-refractivity contribution in [3.8, 4) is 28.7 Å². The highest BCUT2D eigenvalue weighted by Gasteiger charge is 2.31. The van der Waals surface area contributed by atoms with Gasteiger partial charge in [-0.1, -0.05) is 35.6 Å². The predicted octanol–water partition coefficient (Wildman–Crippen LogP) is 6.61. The third-order valence-electron chi connectivity index (χ3n) is 9.36. The largest absolute Gasteiger partial charge is 0.871 e. The lowest BCUT2D eigenvalue weighted by atomic mass is 9.80. The Labute approximate surface area is 317 Å². The van der Waals surface area contributed by atoms with E-state index in [1.165, 1.54) is 5.56 Å². The molecule has 0 amide bonds. The van der Waals surface area contributed by atoms with E-state index in [1.807, 2.05) is 128 Å². The zero-order valence-electron chi connectivity index (χ0n) is 31.2. The number of Topliss-reactive ketones (excluding diaryl/α,β-unsaturated/α-hetero) is 1. The van der Waals surface area contributed by atoms with Crippen molar-refractivity contribution < 1.29 is 38.2 Å². The Bertz CT molecular complexity index is 1980. The van der Waals surface area contributed by atoms with Gasteiger partial charge in [-0.15, -0.1) is 0 Å². The lowest BCUT2D eigenvalue weighted by molar-refractivity contribution is -0.529. The molecule has 0 bridgehead atoms. The van der Waals surface area contributed by atoms with E-state index in [1.54, 1.807) is 14.2 Å². The Hall–Kier alpha value is -6.22. The van der Waals surface area contributed by atoms with Crippen LogP contribution < -0.4 is 33.7 Å². The molecule has 4 aromatic rings. The first-order valence-electron chi connectivity index (χ1n) is 18.1. The van der Waals surface area contributed by atoms with Crippen LogP contribution >= 0.6 is 0 Å². The average Bonchev–Trinajstić information content (AvgIpc) is 3.21. The van der Waals surface area contributed by atoms with Gasteiger partial charge in [0.15, 0.2) is 24.6 Å². The molecule has 9 nitrogen and oxygen atoms in total. The molecule has 0 N–H and O–H groups in total. The fourth-order valence-corrected chi connectivity index (χ4v) is 6.24. The van der Waals surface area contributed by atoms with E-state index in [-0.39, 0.29) is 22.7 Å². The van der Waals surface area contributed by atoms with Crippen molar-refractivity contribution in [3.05, 3.63) is 149 Å². The number of likely N-dealkylation sites (N-methyl/N-ethyl adjacent to an activating group) is 1. The van der Waals surface area contributed by atoms with Crippen molar-refractivity contribution in [1.82, 2.24) is 0 Å². The number of allylic oxidation sites excluding steroid dienone is 7. The Balaban J connectivity index is 1.12. The zero-order valence-corrected chi connectivity index (χ0v) is 31.2. The number of carbonyl (C=O) groups excluding carboxylic acids is 1. The molecular formula is C45H46N2O7. The number of aryl methyl sites for hydroxylation is 1.